The highest BCUT2D eigenvalue weighted by Crippen LogP contribution is 2.31. The SMILES string of the molecule is COC(=O)c1c(OC(F)(F)F)ccc(CO)c1C#N. The summed E-state index contributed by atoms with van der Waals surface area (Å²) < 4.78 is 44.6. The van der Waals surface area contributed by atoms with Gasteiger partial charge < -0.3 is 14.6 Å². The lowest BCUT2D eigenvalue weighted by Gasteiger charge is -2.14. The predicted molar refractivity (Wildman–Crippen MR) is 55.1 cm³/mol. The first-order valence-corrected chi connectivity index (χ1v) is 4.85. The second kappa shape index (κ2) is 5.58. The van der Waals surface area contributed by atoms with E-state index in [0.29, 0.717) is 0 Å². The van der Waals surface area contributed by atoms with Crippen LogP contribution < -0.4 is 4.74 Å². The van der Waals surface area contributed by atoms with Crippen LogP contribution in [0.15, 0.2) is 12.1 Å². The van der Waals surface area contributed by atoms with E-state index in [1.165, 1.54) is 0 Å². The van der Waals surface area contributed by atoms with Crippen molar-refractivity contribution in [2.24, 2.45) is 0 Å². The van der Waals surface area contributed by atoms with Crippen molar-refractivity contribution < 1.29 is 32.5 Å². The van der Waals surface area contributed by atoms with Gasteiger partial charge in [-0.1, -0.05) is 6.07 Å². The number of aliphatic hydroxyl groups is 1. The number of carbonyl (C=O) groups excluding carboxylic acids is 1. The predicted octanol–water partition coefficient (Wildman–Crippen LogP) is 1.74. The Hall–Kier alpha value is -2.27. The topological polar surface area (TPSA) is 79.6 Å². The van der Waals surface area contributed by atoms with Crippen LogP contribution in [0.1, 0.15) is 21.5 Å². The van der Waals surface area contributed by atoms with Crippen LogP contribution in [0.5, 0.6) is 5.75 Å². The van der Waals surface area contributed by atoms with Crippen molar-refractivity contribution in [2.75, 3.05) is 7.11 Å². The highest BCUT2D eigenvalue weighted by atomic mass is 19.4. The molecule has 0 aromatic heterocycles. The van der Waals surface area contributed by atoms with Crippen LogP contribution in [-0.4, -0.2) is 24.5 Å². The van der Waals surface area contributed by atoms with Crippen LogP contribution in [0, 0.1) is 11.3 Å². The van der Waals surface area contributed by atoms with Gasteiger partial charge in [0.2, 0.25) is 0 Å². The summed E-state index contributed by atoms with van der Waals surface area (Å²) in [4.78, 5) is 11.5. The van der Waals surface area contributed by atoms with Crippen LogP contribution in [0.3, 0.4) is 0 Å². The number of carbonyl (C=O) groups is 1. The van der Waals surface area contributed by atoms with Crippen LogP contribution in [0.25, 0.3) is 0 Å². The van der Waals surface area contributed by atoms with Crippen LogP contribution in [0.4, 0.5) is 13.2 Å². The molecule has 0 spiro atoms. The number of nitrogens with zero attached hydrogens (tertiary/aromatic N) is 1. The molecule has 1 aromatic rings. The van der Waals surface area contributed by atoms with Gasteiger partial charge in [0.1, 0.15) is 17.4 Å². The fourth-order valence-electron chi connectivity index (χ4n) is 1.40. The van der Waals surface area contributed by atoms with Crippen LogP contribution >= 0.6 is 0 Å². The number of benzene rings is 1. The van der Waals surface area contributed by atoms with Gasteiger partial charge in [0, 0.05) is 0 Å². The molecule has 1 aromatic carbocycles. The summed E-state index contributed by atoms with van der Waals surface area (Å²) >= 11 is 0. The number of ether oxygens (including phenoxy) is 2. The summed E-state index contributed by atoms with van der Waals surface area (Å²) in [5.74, 6) is -2.01. The van der Waals surface area contributed by atoms with Gasteiger partial charge in [-0.25, -0.2) is 4.79 Å². The van der Waals surface area contributed by atoms with Gasteiger partial charge >= 0.3 is 12.3 Å². The fraction of sp³-hybridized carbons (Fsp3) is 0.273. The quantitative estimate of drug-likeness (QED) is 0.850. The van der Waals surface area contributed by atoms with Crippen LogP contribution in [-0.2, 0) is 11.3 Å². The molecule has 0 amide bonds. The minimum Gasteiger partial charge on any atom is -0.465 e. The highest BCUT2D eigenvalue weighted by molar-refractivity contribution is 5.95. The number of esters is 1. The molecule has 102 valence electrons. The molecule has 5 nitrogen and oxygen atoms in total. The smallest absolute Gasteiger partial charge is 0.465 e. The monoisotopic (exact) mass is 275 g/mol. The van der Waals surface area contributed by atoms with E-state index >= 15 is 0 Å². The Kier molecular flexibility index (Phi) is 4.34. The summed E-state index contributed by atoms with van der Waals surface area (Å²) in [5, 5.41) is 17.9. The largest absolute Gasteiger partial charge is 0.573 e. The lowest BCUT2D eigenvalue weighted by atomic mass is 10.0. The molecule has 0 aliphatic heterocycles. The zero-order chi connectivity index (χ0) is 14.6. The second-order valence-electron chi connectivity index (χ2n) is 3.28. The minimum absolute atomic E-state index is 0.00238. The summed E-state index contributed by atoms with van der Waals surface area (Å²) in [7, 11) is 0.951. The third-order valence-electron chi connectivity index (χ3n) is 2.15. The van der Waals surface area contributed by atoms with Gasteiger partial charge in [0.15, 0.2) is 0 Å². The minimum atomic E-state index is -5.02. The van der Waals surface area contributed by atoms with Crippen molar-refractivity contribution in [1.82, 2.24) is 0 Å². The molecule has 0 unspecified atom stereocenters. The van der Waals surface area contributed by atoms with E-state index in [9.17, 15) is 18.0 Å². The first-order valence-electron chi connectivity index (χ1n) is 4.85. The lowest BCUT2D eigenvalue weighted by molar-refractivity contribution is -0.274. The Morgan fingerprint density at radius 2 is 2.11 bits per heavy atom. The molecule has 0 saturated carbocycles. The number of alkyl halides is 3. The van der Waals surface area contributed by atoms with E-state index in [4.69, 9.17) is 10.4 Å². The van der Waals surface area contributed by atoms with Gasteiger partial charge in [-0.3, -0.25) is 0 Å². The first-order chi connectivity index (χ1) is 8.84. The summed E-state index contributed by atoms with van der Waals surface area (Å²) in [6.45, 7) is -0.612. The Labute approximate surface area is 105 Å². The third kappa shape index (κ3) is 3.35. The molecular weight excluding hydrogens is 267 g/mol. The molecule has 1 N–H and O–H groups in total. The second-order valence-corrected chi connectivity index (χ2v) is 3.28. The summed E-state index contributed by atoms with van der Waals surface area (Å²) in [5.41, 5.74) is -1.10. The average molecular weight is 275 g/mol. The Morgan fingerprint density at radius 1 is 1.47 bits per heavy atom. The van der Waals surface area contributed by atoms with Gasteiger partial charge in [0.25, 0.3) is 0 Å². The van der Waals surface area contributed by atoms with E-state index in [1.807, 2.05) is 0 Å². The zero-order valence-electron chi connectivity index (χ0n) is 9.61. The van der Waals surface area contributed by atoms with Crippen LogP contribution in [0.2, 0.25) is 0 Å². The molecule has 0 aliphatic carbocycles. The molecule has 8 heteroatoms. The average Bonchev–Trinajstić information content (AvgIpc) is 2.35. The van der Waals surface area contributed by atoms with E-state index < -0.39 is 35.8 Å². The molecule has 19 heavy (non-hydrogen) atoms. The van der Waals surface area contributed by atoms with E-state index in [2.05, 4.69) is 9.47 Å². The molecule has 1 rings (SSSR count). The Morgan fingerprint density at radius 3 is 2.53 bits per heavy atom. The molecule has 0 radical (unpaired) electrons. The van der Waals surface area contributed by atoms with Gasteiger partial charge in [0.05, 0.1) is 19.3 Å². The van der Waals surface area contributed by atoms with Crippen molar-refractivity contribution in [1.29, 1.82) is 5.26 Å². The molecule has 0 aliphatic rings. The van der Waals surface area contributed by atoms with Crippen molar-refractivity contribution >= 4 is 5.97 Å². The lowest BCUT2D eigenvalue weighted by Crippen LogP contribution is -2.20. The summed E-state index contributed by atoms with van der Waals surface area (Å²) in [6.07, 6.45) is -5.02. The molecule has 0 heterocycles. The van der Waals surface area contributed by atoms with E-state index in [-0.39, 0.29) is 5.56 Å². The number of hydrogen-bond donors (Lipinski definition) is 1. The van der Waals surface area contributed by atoms with Gasteiger partial charge in [-0.2, -0.15) is 5.26 Å². The summed E-state index contributed by atoms with van der Waals surface area (Å²) in [6, 6.07) is 3.45. The number of nitriles is 1. The van der Waals surface area contributed by atoms with Crippen molar-refractivity contribution in [3.8, 4) is 11.8 Å². The molecule has 0 atom stereocenters. The molecule has 0 bridgehead atoms. The first kappa shape index (κ1) is 14.8. The molecular formula is C11H8F3NO4. The number of halogens is 3. The number of hydrogen-bond acceptors (Lipinski definition) is 5. The van der Waals surface area contributed by atoms with Crippen molar-refractivity contribution in [2.45, 2.75) is 13.0 Å². The van der Waals surface area contributed by atoms with Gasteiger partial charge in [-0.05, 0) is 11.6 Å². The normalized spacial score (nSPS) is 10.7. The standard InChI is InChI=1S/C11H8F3NO4/c1-18-10(17)9-7(4-15)6(5-16)2-3-8(9)19-11(12,13)14/h2-3,16H,5H2,1H3. The highest BCUT2D eigenvalue weighted by Gasteiger charge is 2.34. The zero-order valence-corrected chi connectivity index (χ0v) is 9.61. The Bertz CT molecular complexity index is 534. The van der Waals surface area contributed by atoms with Crippen molar-refractivity contribution in [3.05, 3.63) is 28.8 Å². The Balaban J connectivity index is 3.48. The maximum Gasteiger partial charge on any atom is 0.573 e. The number of rotatable bonds is 3. The van der Waals surface area contributed by atoms with Gasteiger partial charge in [-0.15, -0.1) is 13.2 Å². The molecule has 0 saturated heterocycles. The number of aliphatic hydroxyl groups excluding tert-OH is 1. The number of methoxy groups -OCH3 is 1. The van der Waals surface area contributed by atoms with E-state index in [1.54, 1.807) is 6.07 Å². The molecule has 0 fully saturated rings. The van der Waals surface area contributed by atoms with Crippen molar-refractivity contribution in [3.63, 3.8) is 0 Å². The van der Waals surface area contributed by atoms with E-state index in [0.717, 1.165) is 19.2 Å². The maximum absolute atomic E-state index is 12.2. The maximum atomic E-state index is 12.2. The fourth-order valence-corrected chi connectivity index (χ4v) is 1.40. The third-order valence-corrected chi connectivity index (χ3v) is 2.15.